The predicted molar refractivity (Wildman–Crippen MR) is 150 cm³/mol. The van der Waals surface area contributed by atoms with Crippen LogP contribution in [-0.4, -0.2) is 41.0 Å². The molecule has 7 nitrogen and oxygen atoms in total. The van der Waals surface area contributed by atoms with Gasteiger partial charge in [0.2, 0.25) is 0 Å². The van der Waals surface area contributed by atoms with Gasteiger partial charge in [-0.3, -0.25) is 0 Å². The summed E-state index contributed by atoms with van der Waals surface area (Å²) in [7, 11) is 3.43. The van der Waals surface area contributed by atoms with Crippen LogP contribution >= 0.6 is 23.8 Å². The second kappa shape index (κ2) is 13.2. The summed E-state index contributed by atoms with van der Waals surface area (Å²) in [5, 5.41) is 14.8. The van der Waals surface area contributed by atoms with Gasteiger partial charge >= 0.3 is 234 Å². The van der Waals surface area contributed by atoms with E-state index in [1.54, 1.807) is 14.2 Å². The fourth-order valence-corrected chi connectivity index (χ4v) is 8.33. The van der Waals surface area contributed by atoms with Crippen LogP contribution in [0.4, 0.5) is 5.69 Å². The molecular formula is C27H32N2O5S2Se. The molecule has 0 saturated heterocycles. The Hall–Kier alpha value is -1.91. The van der Waals surface area contributed by atoms with E-state index in [0.29, 0.717) is 5.75 Å². The minimum absolute atomic E-state index is 0.153. The summed E-state index contributed by atoms with van der Waals surface area (Å²) in [5.74, 6) is 2.47. The summed E-state index contributed by atoms with van der Waals surface area (Å²) in [6, 6.07) is 10.7. The zero-order chi connectivity index (χ0) is 26.4. The van der Waals surface area contributed by atoms with Gasteiger partial charge in [-0.2, -0.15) is 0 Å². The van der Waals surface area contributed by atoms with Gasteiger partial charge in [0.25, 0.3) is 0 Å². The third-order valence-corrected chi connectivity index (χ3v) is 10.2. The number of fused-ring (bicyclic) bond motifs is 2. The van der Waals surface area contributed by atoms with E-state index < -0.39 is 0 Å². The zero-order valence-corrected chi connectivity index (χ0v) is 25.1. The molecule has 37 heavy (non-hydrogen) atoms. The normalized spacial score (nSPS) is 14.6. The van der Waals surface area contributed by atoms with Crippen molar-refractivity contribution in [3.05, 3.63) is 57.1 Å². The first-order chi connectivity index (χ1) is 18.0. The number of hydrogen-bond acceptors (Lipinski definition) is 8. The van der Waals surface area contributed by atoms with Crippen LogP contribution in [0.1, 0.15) is 36.8 Å². The van der Waals surface area contributed by atoms with Crippen LogP contribution in [-0.2, 0) is 15.9 Å². The van der Waals surface area contributed by atoms with Gasteiger partial charge in [0.05, 0.1) is 0 Å². The van der Waals surface area contributed by atoms with Crippen molar-refractivity contribution in [2.75, 3.05) is 31.4 Å². The molecule has 10 heteroatoms. The van der Waals surface area contributed by atoms with E-state index in [4.69, 9.17) is 9.47 Å². The SMILES string of the molecule is CCC(/C=C1\Sc2ccc(OC)cc2N1CC)=C\c1[se]c2cc(OC)c(C)cc2[n+]1CCCSOO[O-]. The second-order valence-corrected chi connectivity index (χ2v) is 12.5. The number of thioether (sulfide) groups is 1. The molecule has 2 heterocycles. The van der Waals surface area contributed by atoms with Crippen molar-refractivity contribution in [2.45, 2.75) is 45.1 Å². The van der Waals surface area contributed by atoms with Gasteiger partial charge in [-0.25, -0.2) is 0 Å². The molecule has 1 aliphatic heterocycles. The summed E-state index contributed by atoms with van der Waals surface area (Å²) in [6.07, 6.45) is 6.46. The zero-order valence-electron chi connectivity index (χ0n) is 21.7. The van der Waals surface area contributed by atoms with Crippen LogP contribution in [0.3, 0.4) is 0 Å². The van der Waals surface area contributed by atoms with Gasteiger partial charge in [0.1, 0.15) is 0 Å². The summed E-state index contributed by atoms with van der Waals surface area (Å²) in [4.78, 5) is 3.60. The van der Waals surface area contributed by atoms with Gasteiger partial charge in [-0.1, -0.05) is 0 Å². The van der Waals surface area contributed by atoms with Crippen LogP contribution in [0.5, 0.6) is 11.5 Å². The summed E-state index contributed by atoms with van der Waals surface area (Å²) < 4.78 is 20.6. The molecule has 0 saturated carbocycles. The molecule has 0 fully saturated rings. The molecule has 0 spiro atoms. The van der Waals surface area contributed by atoms with E-state index in [2.05, 4.69) is 76.0 Å². The Balaban J connectivity index is 1.70. The van der Waals surface area contributed by atoms with E-state index in [1.165, 1.54) is 35.5 Å². The van der Waals surface area contributed by atoms with E-state index in [-0.39, 0.29) is 14.5 Å². The van der Waals surface area contributed by atoms with Crippen LogP contribution in [0.15, 0.2) is 51.9 Å². The van der Waals surface area contributed by atoms with Crippen molar-refractivity contribution < 1.29 is 28.7 Å². The number of methoxy groups -OCH3 is 2. The number of ether oxygens (including phenoxy) is 2. The number of anilines is 1. The molecular weight excluding hydrogens is 575 g/mol. The molecule has 4 rings (SSSR count). The molecule has 0 aliphatic carbocycles. The number of hydrogen-bond donors (Lipinski definition) is 0. The Morgan fingerprint density at radius 2 is 2.03 bits per heavy atom. The molecule has 0 radical (unpaired) electrons. The van der Waals surface area contributed by atoms with Crippen molar-refractivity contribution in [3.8, 4) is 11.5 Å². The Morgan fingerprint density at radius 1 is 1.19 bits per heavy atom. The van der Waals surface area contributed by atoms with Gasteiger partial charge in [0, 0.05) is 0 Å². The van der Waals surface area contributed by atoms with Crippen molar-refractivity contribution in [2.24, 2.45) is 0 Å². The van der Waals surface area contributed by atoms with E-state index in [9.17, 15) is 5.26 Å². The monoisotopic (exact) mass is 608 g/mol. The van der Waals surface area contributed by atoms with Crippen LogP contribution in [0.25, 0.3) is 15.9 Å². The molecule has 0 unspecified atom stereocenters. The third-order valence-electron chi connectivity index (χ3n) is 6.21. The molecule has 0 atom stereocenters. The van der Waals surface area contributed by atoms with Gasteiger partial charge in [-0.15, -0.1) is 0 Å². The first-order valence-electron chi connectivity index (χ1n) is 12.2. The van der Waals surface area contributed by atoms with Crippen molar-refractivity contribution in [1.29, 1.82) is 0 Å². The van der Waals surface area contributed by atoms with Gasteiger partial charge < -0.3 is 0 Å². The average molecular weight is 608 g/mol. The standard InChI is InChI=1S/C27H32N2O5S2Se/c1-6-19(14-26-28(7-2)21-16-20(31-4)9-10-24(21)36-26)15-27-29(11-8-12-35-34-33-30)22-13-18(3)23(32-5)17-25(22)37-27/h9-10,13-17H,6-8,11-12H2,1-5H3. The number of allylic oxidation sites excluding steroid dienone is 2. The Kier molecular flexibility index (Phi) is 10.1. The number of nitrogens with zero attached hydrogens (tertiary/aromatic N) is 2. The molecule has 0 amide bonds. The molecule has 0 N–H and O–H groups in total. The molecule has 1 aromatic heterocycles. The van der Waals surface area contributed by atoms with Crippen LogP contribution in [0, 0.1) is 6.92 Å². The van der Waals surface area contributed by atoms with E-state index in [1.807, 2.05) is 17.8 Å². The van der Waals surface area contributed by atoms with Crippen LogP contribution in [0.2, 0.25) is 0 Å². The quantitative estimate of drug-likeness (QED) is 0.0709. The van der Waals surface area contributed by atoms with E-state index >= 15 is 0 Å². The number of benzene rings is 2. The summed E-state index contributed by atoms with van der Waals surface area (Å²) >= 11 is 3.00. The predicted octanol–water partition coefficient (Wildman–Crippen LogP) is 5.04. The van der Waals surface area contributed by atoms with Crippen molar-refractivity contribution in [1.82, 2.24) is 0 Å². The average Bonchev–Trinajstić information content (AvgIpc) is 3.43. The van der Waals surface area contributed by atoms with Crippen LogP contribution < -0.4 is 24.2 Å². The summed E-state index contributed by atoms with van der Waals surface area (Å²) in [5.41, 5.74) is 4.85. The topological polar surface area (TPSA) is 67.1 Å². The molecule has 198 valence electrons. The van der Waals surface area contributed by atoms with Crippen molar-refractivity contribution in [3.63, 3.8) is 0 Å². The fourth-order valence-electron chi connectivity index (χ4n) is 4.33. The Labute approximate surface area is 232 Å². The maximum absolute atomic E-state index is 10.1. The molecule has 3 aromatic rings. The maximum atomic E-state index is 10.1. The number of rotatable bonds is 12. The molecule has 2 aromatic carbocycles. The third kappa shape index (κ3) is 6.39. The summed E-state index contributed by atoms with van der Waals surface area (Å²) in [6.45, 7) is 8.19. The fraction of sp³-hybridized carbons (Fsp3) is 0.370. The number of aryl methyl sites for hydroxylation is 2. The second-order valence-electron chi connectivity index (χ2n) is 8.43. The Bertz CT molecular complexity index is 1310. The Morgan fingerprint density at radius 3 is 2.73 bits per heavy atom. The van der Waals surface area contributed by atoms with E-state index in [0.717, 1.165) is 55.0 Å². The van der Waals surface area contributed by atoms with Gasteiger partial charge in [-0.05, 0) is 0 Å². The molecule has 1 aliphatic rings. The number of aromatic nitrogens is 1. The molecule has 0 bridgehead atoms. The first-order valence-corrected chi connectivity index (χ1v) is 15.6. The minimum atomic E-state index is 0.153. The first kappa shape index (κ1) is 28.1. The van der Waals surface area contributed by atoms with Gasteiger partial charge in [0.15, 0.2) is 0 Å². The van der Waals surface area contributed by atoms with Crippen molar-refractivity contribution >= 4 is 59.8 Å².